The van der Waals surface area contributed by atoms with E-state index in [1.165, 1.54) is 0 Å². The number of aromatic nitrogens is 4. The van der Waals surface area contributed by atoms with Crippen molar-refractivity contribution in [1.82, 2.24) is 19.6 Å². The minimum Gasteiger partial charge on any atom is -0.437 e. The summed E-state index contributed by atoms with van der Waals surface area (Å²) in [6, 6.07) is 33.9. The Labute approximate surface area is 244 Å². The van der Waals surface area contributed by atoms with Gasteiger partial charge in [-0.1, -0.05) is 78.9 Å². The molecule has 4 heterocycles. The summed E-state index contributed by atoms with van der Waals surface area (Å²) in [7, 11) is 0. The molecule has 8 rings (SSSR count). The first kappa shape index (κ1) is 24.6. The van der Waals surface area contributed by atoms with Crippen LogP contribution in [-0.2, 0) is 0 Å². The van der Waals surface area contributed by atoms with E-state index in [1.54, 1.807) is 28.7 Å². The third-order valence-electron chi connectivity index (χ3n) is 7.66. The van der Waals surface area contributed by atoms with Crippen LogP contribution in [0.3, 0.4) is 0 Å². The number of hydrogen-bond donors (Lipinski definition) is 0. The molecule has 3 aromatic heterocycles. The van der Waals surface area contributed by atoms with Gasteiger partial charge < -0.3 is 9.15 Å². The fourth-order valence-corrected chi connectivity index (χ4v) is 6.03. The first-order valence-corrected chi connectivity index (χ1v) is 14.7. The summed E-state index contributed by atoms with van der Waals surface area (Å²) in [6.07, 6.45) is 3.64. The van der Waals surface area contributed by atoms with Crippen LogP contribution in [0.4, 0.5) is 0 Å². The highest BCUT2D eigenvalue weighted by molar-refractivity contribution is 7.98. The molecule has 1 aliphatic heterocycles. The molecule has 0 saturated heterocycles. The lowest BCUT2D eigenvalue weighted by Gasteiger charge is -2.27. The number of hydrogen-bond acceptors (Lipinski definition) is 7. The first-order valence-electron chi connectivity index (χ1n) is 13.5. The van der Waals surface area contributed by atoms with E-state index in [9.17, 15) is 4.79 Å². The Morgan fingerprint density at radius 3 is 2.29 bits per heavy atom. The summed E-state index contributed by atoms with van der Waals surface area (Å²) in [5.74, 6) is 0.885. The zero-order chi connectivity index (χ0) is 28.2. The van der Waals surface area contributed by atoms with Crippen molar-refractivity contribution in [3.8, 4) is 34.1 Å². The lowest BCUT2D eigenvalue weighted by molar-refractivity contribution is 0.422. The van der Waals surface area contributed by atoms with E-state index in [1.807, 2.05) is 66.9 Å². The Morgan fingerprint density at radius 2 is 1.50 bits per heavy atom. The van der Waals surface area contributed by atoms with Crippen LogP contribution in [-0.4, -0.2) is 25.8 Å². The molecule has 7 nitrogen and oxygen atoms in total. The summed E-state index contributed by atoms with van der Waals surface area (Å²) in [5, 5.41) is 5.47. The van der Waals surface area contributed by atoms with Gasteiger partial charge in [0.25, 0.3) is 0 Å². The summed E-state index contributed by atoms with van der Waals surface area (Å²) in [5.41, 5.74) is 5.71. The maximum Gasteiger partial charge on any atom is 0.344 e. The lowest BCUT2D eigenvalue weighted by atomic mass is 9.84. The standard InChI is InChI=1S/C34H22N4O3S/c1-42-24-17-15-22(16-18-24)27-28-30(25-9-5-6-10-26(25)40-34(28)39)41-33-29(27)32-36-31(37-38(32)19-35-33)23-13-11-21(12-14-23)20-7-3-2-4-8-20/h2-19,27H,1H3. The predicted molar refractivity (Wildman–Crippen MR) is 163 cm³/mol. The van der Waals surface area contributed by atoms with Crippen LogP contribution in [0.2, 0.25) is 0 Å². The highest BCUT2D eigenvalue weighted by Crippen LogP contribution is 2.49. The van der Waals surface area contributed by atoms with E-state index < -0.39 is 11.5 Å². The zero-order valence-electron chi connectivity index (χ0n) is 22.4. The molecule has 7 aromatic rings. The molecule has 0 amide bonds. The van der Waals surface area contributed by atoms with Crippen molar-refractivity contribution in [2.45, 2.75) is 10.8 Å². The number of benzene rings is 4. The van der Waals surface area contributed by atoms with E-state index in [0.29, 0.717) is 45.2 Å². The predicted octanol–water partition coefficient (Wildman–Crippen LogP) is 7.57. The second-order valence-corrected chi connectivity index (χ2v) is 10.9. The maximum atomic E-state index is 13.6. The van der Waals surface area contributed by atoms with Crippen molar-refractivity contribution in [2.24, 2.45) is 0 Å². The van der Waals surface area contributed by atoms with Gasteiger partial charge in [0.1, 0.15) is 11.9 Å². The monoisotopic (exact) mass is 566 g/mol. The largest absolute Gasteiger partial charge is 0.437 e. The molecule has 202 valence electrons. The molecule has 0 saturated carbocycles. The van der Waals surface area contributed by atoms with Gasteiger partial charge in [0.2, 0.25) is 5.88 Å². The van der Waals surface area contributed by atoms with E-state index in [-0.39, 0.29) is 0 Å². The lowest BCUT2D eigenvalue weighted by Crippen LogP contribution is -2.22. The Balaban J connectivity index is 1.32. The van der Waals surface area contributed by atoms with Gasteiger partial charge in [-0.3, -0.25) is 0 Å². The molecule has 0 radical (unpaired) electrons. The van der Waals surface area contributed by atoms with Gasteiger partial charge in [-0.2, -0.15) is 0 Å². The number of thioether (sulfide) groups is 1. The van der Waals surface area contributed by atoms with E-state index in [4.69, 9.17) is 19.2 Å². The first-order chi connectivity index (χ1) is 20.7. The third-order valence-corrected chi connectivity index (χ3v) is 8.40. The highest BCUT2D eigenvalue weighted by Gasteiger charge is 2.37. The second kappa shape index (κ2) is 9.71. The van der Waals surface area contributed by atoms with Gasteiger partial charge in [-0.25, -0.2) is 19.3 Å². The number of nitrogens with zero attached hydrogens (tertiary/aromatic N) is 4. The summed E-state index contributed by atoms with van der Waals surface area (Å²) >= 11 is 1.66. The van der Waals surface area contributed by atoms with Crippen molar-refractivity contribution in [3.05, 3.63) is 137 Å². The Hall–Kier alpha value is -5.21. The van der Waals surface area contributed by atoms with Crippen LogP contribution in [0.25, 0.3) is 39.1 Å². The van der Waals surface area contributed by atoms with E-state index >= 15 is 0 Å². The Morgan fingerprint density at radius 1 is 0.786 bits per heavy atom. The summed E-state index contributed by atoms with van der Waals surface area (Å²) < 4.78 is 13.9. The molecule has 0 N–H and O–H groups in total. The second-order valence-electron chi connectivity index (χ2n) is 10.0. The molecule has 1 aliphatic rings. The molecule has 0 spiro atoms. The number of fused-ring (bicyclic) bond motifs is 6. The van der Waals surface area contributed by atoms with Crippen LogP contribution >= 0.6 is 11.8 Å². The van der Waals surface area contributed by atoms with Crippen molar-refractivity contribution < 1.29 is 9.15 Å². The topological polar surface area (TPSA) is 82.5 Å². The van der Waals surface area contributed by atoms with Gasteiger partial charge in [0.05, 0.1) is 22.4 Å². The van der Waals surface area contributed by atoms with Gasteiger partial charge in [-0.15, -0.1) is 16.9 Å². The molecule has 0 fully saturated rings. The fraction of sp³-hybridized carbons (Fsp3) is 0.0588. The average molecular weight is 567 g/mol. The maximum absolute atomic E-state index is 13.6. The van der Waals surface area contributed by atoms with Gasteiger partial charge in [0, 0.05) is 10.5 Å². The number of para-hydroxylation sites is 1. The molecule has 8 heteroatoms. The Bertz CT molecular complexity index is 2170. The van der Waals surface area contributed by atoms with Crippen molar-refractivity contribution in [3.63, 3.8) is 0 Å². The molecule has 1 atom stereocenters. The quantitative estimate of drug-likeness (QED) is 0.160. The van der Waals surface area contributed by atoms with Crippen molar-refractivity contribution >= 4 is 28.4 Å². The third kappa shape index (κ3) is 3.91. The van der Waals surface area contributed by atoms with Gasteiger partial charge in [0.15, 0.2) is 17.2 Å². The van der Waals surface area contributed by atoms with Crippen LogP contribution < -0.4 is 10.4 Å². The molecule has 0 bridgehead atoms. The van der Waals surface area contributed by atoms with Gasteiger partial charge >= 0.3 is 5.63 Å². The SMILES string of the molecule is CSc1ccc(C2c3c(c4ccccc4oc3=O)Oc3ncn4nc(-c5ccc(-c6ccccc6)cc5)nc4c32)cc1. The van der Waals surface area contributed by atoms with Crippen LogP contribution in [0.5, 0.6) is 11.6 Å². The molecular formula is C34H22N4O3S. The van der Waals surface area contributed by atoms with Crippen LogP contribution in [0.15, 0.2) is 124 Å². The minimum atomic E-state index is -0.519. The highest BCUT2D eigenvalue weighted by atomic mass is 32.2. The number of ether oxygens (including phenoxy) is 1. The van der Waals surface area contributed by atoms with Gasteiger partial charge in [-0.05, 0) is 47.2 Å². The molecular weight excluding hydrogens is 544 g/mol. The normalized spacial score (nSPS) is 14.0. The van der Waals surface area contributed by atoms with Crippen LogP contribution in [0.1, 0.15) is 22.6 Å². The van der Waals surface area contributed by atoms with E-state index in [0.717, 1.165) is 27.1 Å². The molecule has 0 aliphatic carbocycles. The average Bonchev–Trinajstić information content (AvgIpc) is 3.49. The summed E-state index contributed by atoms with van der Waals surface area (Å²) in [4.78, 5) is 24.3. The zero-order valence-corrected chi connectivity index (χ0v) is 23.2. The molecule has 1 unspecified atom stereocenters. The van der Waals surface area contributed by atoms with Crippen molar-refractivity contribution in [1.29, 1.82) is 0 Å². The number of rotatable bonds is 4. The fourth-order valence-electron chi connectivity index (χ4n) is 5.62. The summed E-state index contributed by atoms with van der Waals surface area (Å²) in [6.45, 7) is 0. The molecule has 42 heavy (non-hydrogen) atoms. The molecule has 4 aromatic carbocycles. The van der Waals surface area contributed by atoms with E-state index in [2.05, 4.69) is 41.4 Å². The Kier molecular flexibility index (Phi) is 5.68. The van der Waals surface area contributed by atoms with Crippen LogP contribution in [0, 0.1) is 0 Å². The minimum absolute atomic E-state index is 0.392. The smallest absolute Gasteiger partial charge is 0.344 e. The van der Waals surface area contributed by atoms with Crippen molar-refractivity contribution in [2.75, 3.05) is 6.26 Å².